The van der Waals surface area contributed by atoms with Crippen LogP contribution in [-0.2, 0) is 11.3 Å². The van der Waals surface area contributed by atoms with Crippen molar-refractivity contribution in [2.75, 3.05) is 7.11 Å². The van der Waals surface area contributed by atoms with Gasteiger partial charge in [0.05, 0.1) is 17.3 Å². The molecule has 0 radical (unpaired) electrons. The van der Waals surface area contributed by atoms with Crippen LogP contribution >= 0.6 is 38.9 Å². The van der Waals surface area contributed by atoms with E-state index in [0.717, 1.165) is 15.8 Å². The van der Waals surface area contributed by atoms with Gasteiger partial charge < -0.3 is 9.84 Å². The maximum absolute atomic E-state index is 11.2. The van der Waals surface area contributed by atoms with Crippen molar-refractivity contribution in [3.05, 3.63) is 38.3 Å². The summed E-state index contributed by atoms with van der Waals surface area (Å²) in [5, 5.41) is 10.2. The summed E-state index contributed by atoms with van der Waals surface area (Å²) in [5.41, 5.74) is 1.12. The molecular weight excluding hydrogens is 354 g/mol. The van der Waals surface area contributed by atoms with Crippen molar-refractivity contribution in [2.24, 2.45) is 0 Å². The van der Waals surface area contributed by atoms with Gasteiger partial charge in [-0.1, -0.05) is 27.5 Å². The molecule has 0 saturated carbocycles. The van der Waals surface area contributed by atoms with Gasteiger partial charge >= 0.3 is 5.97 Å². The molecule has 0 saturated heterocycles. The maximum Gasteiger partial charge on any atom is 0.347 e. The number of nitrogens with zero attached hydrogens (tertiary/aromatic N) is 1. The molecule has 0 bridgehead atoms. The zero-order valence-corrected chi connectivity index (χ0v) is 13.0. The smallest absolute Gasteiger partial charge is 0.347 e. The first-order valence-corrected chi connectivity index (χ1v) is 7.19. The minimum Gasteiger partial charge on any atom is -0.477 e. The monoisotopic (exact) mass is 361 g/mol. The first-order valence-electron chi connectivity index (χ1n) is 5.20. The molecule has 0 aliphatic rings. The van der Waals surface area contributed by atoms with Gasteiger partial charge in [-0.05, 0) is 18.2 Å². The van der Waals surface area contributed by atoms with Crippen molar-refractivity contribution >= 4 is 44.8 Å². The van der Waals surface area contributed by atoms with Crippen LogP contribution in [0, 0.1) is 0 Å². The molecule has 0 unspecified atom stereocenters. The molecule has 1 aromatic carbocycles. The lowest BCUT2D eigenvalue weighted by molar-refractivity contribution is 0.0697. The second-order valence-electron chi connectivity index (χ2n) is 3.66. The van der Waals surface area contributed by atoms with E-state index in [-0.39, 0.29) is 11.5 Å². The molecule has 0 aliphatic heterocycles. The fourth-order valence-electron chi connectivity index (χ4n) is 1.53. The van der Waals surface area contributed by atoms with Gasteiger partial charge in [-0.3, -0.25) is 0 Å². The molecule has 2 aromatic rings. The number of aromatic nitrogens is 1. The third-order valence-corrected chi connectivity index (χ3v) is 4.26. The van der Waals surface area contributed by atoms with Crippen LogP contribution in [0.25, 0.3) is 10.6 Å². The Labute approximate surface area is 127 Å². The van der Waals surface area contributed by atoms with Crippen molar-refractivity contribution in [3.8, 4) is 10.6 Å². The number of aromatic carboxylic acids is 1. The van der Waals surface area contributed by atoms with Gasteiger partial charge in [-0.2, -0.15) is 0 Å². The maximum atomic E-state index is 11.2. The molecule has 0 amide bonds. The van der Waals surface area contributed by atoms with Gasteiger partial charge in [0.15, 0.2) is 0 Å². The number of carbonyl (C=O) groups is 1. The Bertz CT molecular complexity index is 629. The lowest BCUT2D eigenvalue weighted by Crippen LogP contribution is -1.99. The highest BCUT2D eigenvalue weighted by Crippen LogP contribution is 2.34. The predicted molar refractivity (Wildman–Crippen MR) is 77.9 cm³/mol. The van der Waals surface area contributed by atoms with E-state index < -0.39 is 5.97 Å². The third-order valence-electron chi connectivity index (χ3n) is 2.33. The van der Waals surface area contributed by atoms with Crippen LogP contribution in [-0.4, -0.2) is 23.2 Å². The van der Waals surface area contributed by atoms with Gasteiger partial charge in [0.25, 0.3) is 0 Å². The average molecular weight is 363 g/mol. The van der Waals surface area contributed by atoms with Crippen LogP contribution in [0.3, 0.4) is 0 Å². The fraction of sp³-hybridized carbons (Fsp3) is 0.167. The molecule has 0 atom stereocenters. The molecule has 1 aromatic heterocycles. The number of ether oxygens (including phenoxy) is 1. The van der Waals surface area contributed by atoms with E-state index in [1.165, 1.54) is 7.11 Å². The highest BCUT2D eigenvalue weighted by atomic mass is 79.9. The molecule has 2 rings (SSSR count). The van der Waals surface area contributed by atoms with Crippen molar-refractivity contribution in [2.45, 2.75) is 6.61 Å². The predicted octanol–water partition coefficient (Wildman–Crippen LogP) is 4.07. The summed E-state index contributed by atoms with van der Waals surface area (Å²) < 4.78 is 5.81. The molecule has 0 aliphatic carbocycles. The highest BCUT2D eigenvalue weighted by Gasteiger charge is 2.19. The lowest BCUT2D eigenvalue weighted by Gasteiger charge is -2.00. The summed E-state index contributed by atoms with van der Waals surface area (Å²) in [6, 6.07) is 5.38. The molecular formula is C12H9BrClNO3S. The van der Waals surface area contributed by atoms with E-state index >= 15 is 0 Å². The summed E-state index contributed by atoms with van der Waals surface area (Å²) in [6.45, 7) is 0.159. The van der Waals surface area contributed by atoms with Crippen molar-refractivity contribution in [1.82, 2.24) is 4.98 Å². The Morgan fingerprint density at radius 1 is 1.58 bits per heavy atom. The topological polar surface area (TPSA) is 59.4 Å². The average Bonchev–Trinajstić information content (AvgIpc) is 2.73. The van der Waals surface area contributed by atoms with E-state index in [1.807, 2.05) is 6.07 Å². The van der Waals surface area contributed by atoms with Gasteiger partial charge in [-0.25, -0.2) is 9.78 Å². The second kappa shape index (κ2) is 6.00. The van der Waals surface area contributed by atoms with Gasteiger partial charge in [0, 0.05) is 17.1 Å². The van der Waals surface area contributed by atoms with E-state index in [1.54, 1.807) is 12.1 Å². The largest absolute Gasteiger partial charge is 0.477 e. The number of methoxy groups -OCH3 is 1. The molecule has 100 valence electrons. The van der Waals surface area contributed by atoms with E-state index in [9.17, 15) is 4.79 Å². The van der Waals surface area contributed by atoms with Crippen molar-refractivity contribution < 1.29 is 14.6 Å². The number of thiazole rings is 1. The number of benzene rings is 1. The quantitative estimate of drug-likeness (QED) is 0.890. The van der Waals surface area contributed by atoms with E-state index in [0.29, 0.717) is 21.3 Å². The SMILES string of the molecule is COCc1nc(-c2ccc(Br)cc2Cl)sc1C(=O)O. The first kappa shape index (κ1) is 14.5. The number of halogens is 2. The fourth-order valence-corrected chi connectivity index (χ4v) is 3.30. The summed E-state index contributed by atoms with van der Waals surface area (Å²) in [4.78, 5) is 15.6. The summed E-state index contributed by atoms with van der Waals surface area (Å²) in [6.07, 6.45) is 0. The molecule has 1 heterocycles. The van der Waals surface area contributed by atoms with Crippen molar-refractivity contribution in [3.63, 3.8) is 0 Å². The Balaban J connectivity index is 2.50. The Morgan fingerprint density at radius 2 is 2.32 bits per heavy atom. The Hall–Kier alpha value is -0.950. The van der Waals surface area contributed by atoms with Crippen LogP contribution in [0.2, 0.25) is 5.02 Å². The molecule has 0 spiro atoms. The van der Waals surface area contributed by atoms with Crippen molar-refractivity contribution in [1.29, 1.82) is 0 Å². The minimum absolute atomic E-state index is 0.159. The molecule has 4 nitrogen and oxygen atoms in total. The third kappa shape index (κ3) is 3.14. The van der Waals surface area contributed by atoms with Crippen LogP contribution in [0.5, 0.6) is 0 Å². The number of carboxylic acids is 1. The van der Waals surface area contributed by atoms with Crippen LogP contribution in [0.15, 0.2) is 22.7 Å². The summed E-state index contributed by atoms with van der Waals surface area (Å²) >= 11 is 10.6. The van der Waals surface area contributed by atoms with Crippen LogP contribution in [0.1, 0.15) is 15.4 Å². The molecule has 1 N–H and O–H groups in total. The van der Waals surface area contributed by atoms with Gasteiger partial charge in [0.2, 0.25) is 0 Å². The van der Waals surface area contributed by atoms with Crippen LogP contribution in [0.4, 0.5) is 0 Å². The van der Waals surface area contributed by atoms with E-state index in [2.05, 4.69) is 20.9 Å². The number of hydrogen-bond donors (Lipinski definition) is 1. The zero-order chi connectivity index (χ0) is 14.0. The number of carboxylic acid groups (broad SMARTS) is 1. The number of hydrogen-bond acceptors (Lipinski definition) is 4. The Kier molecular flexibility index (Phi) is 4.57. The second-order valence-corrected chi connectivity index (χ2v) is 5.98. The molecule has 7 heteroatoms. The zero-order valence-electron chi connectivity index (χ0n) is 9.81. The number of rotatable bonds is 4. The van der Waals surface area contributed by atoms with Crippen LogP contribution < -0.4 is 0 Å². The highest BCUT2D eigenvalue weighted by molar-refractivity contribution is 9.10. The van der Waals surface area contributed by atoms with Gasteiger partial charge in [0.1, 0.15) is 9.88 Å². The van der Waals surface area contributed by atoms with E-state index in [4.69, 9.17) is 21.4 Å². The summed E-state index contributed by atoms with van der Waals surface area (Å²) in [5.74, 6) is -1.01. The normalized spacial score (nSPS) is 10.7. The summed E-state index contributed by atoms with van der Waals surface area (Å²) in [7, 11) is 1.50. The molecule has 0 fully saturated rings. The minimum atomic E-state index is -1.01. The van der Waals surface area contributed by atoms with Gasteiger partial charge in [-0.15, -0.1) is 11.3 Å². The standard InChI is InChI=1S/C12H9BrClNO3S/c1-18-5-9-10(12(16)17)19-11(15-9)7-3-2-6(13)4-8(7)14/h2-4H,5H2,1H3,(H,16,17). The Morgan fingerprint density at radius 3 is 2.89 bits per heavy atom. The first-order chi connectivity index (χ1) is 9.02. The lowest BCUT2D eigenvalue weighted by atomic mass is 10.2. The molecule has 19 heavy (non-hydrogen) atoms.